The Kier molecular flexibility index (Phi) is 2.52. The Morgan fingerprint density at radius 2 is 2.36 bits per heavy atom. The number of aryl methyl sites for hydroxylation is 1. The smallest absolute Gasteiger partial charge is 0.234 e. The van der Waals surface area contributed by atoms with E-state index in [1.165, 1.54) is 0 Å². The molecule has 2 rings (SSSR count). The minimum Gasteiger partial charge on any atom is -0.378 e. The molecule has 14 heavy (non-hydrogen) atoms. The first kappa shape index (κ1) is 9.61. The first-order valence-electron chi connectivity index (χ1n) is 4.20. The highest BCUT2D eigenvalue weighted by Gasteiger charge is 2.08. The number of hydrogen-bond donors (Lipinski definition) is 0. The van der Waals surface area contributed by atoms with Gasteiger partial charge < -0.3 is 4.74 Å². The van der Waals surface area contributed by atoms with Gasteiger partial charge in [-0.1, -0.05) is 0 Å². The van der Waals surface area contributed by atoms with Crippen molar-refractivity contribution in [1.29, 1.82) is 0 Å². The zero-order valence-electron chi connectivity index (χ0n) is 7.99. The lowest BCUT2D eigenvalue weighted by molar-refractivity contribution is 0.180. The van der Waals surface area contributed by atoms with Crippen LogP contribution in [0.15, 0.2) is 16.9 Å². The second-order valence-electron chi connectivity index (χ2n) is 3.02. The molecule has 0 N–H and O–H groups in total. The van der Waals surface area contributed by atoms with Crippen molar-refractivity contribution >= 4 is 21.7 Å². The quantitative estimate of drug-likeness (QED) is 0.824. The highest BCUT2D eigenvalue weighted by atomic mass is 79.9. The molecule has 5 heteroatoms. The Hall–Kier alpha value is -0.940. The van der Waals surface area contributed by atoms with Crippen LogP contribution in [0.1, 0.15) is 11.4 Å². The molecule has 0 amide bonds. The van der Waals surface area contributed by atoms with Gasteiger partial charge in [-0.2, -0.15) is 0 Å². The van der Waals surface area contributed by atoms with Gasteiger partial charge in [-0.25, -0.2) is 9.97 Å². The van der Waals surface area contributed by atoms with Crippen LogP contribution < -0.4 is 0 Å². The summed E-state index contributed by atoms with van der Waals surface area (Å²) in [7, 11) is 1.67. The number of hydrogen-bond acceptors (Lipinski definition) is 3. The molecule has 4 nitrogen and oxygen atoms in total. The van der Waals surface area contributed by atoms with Crippen LogP contribution in [0.4, 0.5) is 0 Å². The minimum atomic E-state index is 0.547. The second-order valence-corrected chi connectivity index (χ2v) is 3.93. The van der Waals surface area contributed by atoms with Gasteiger partial charge >= 0.3 is 0 Å². The molecule has 0 aliphatic carbocycles. The molecule has 2 aromatic heterocycles. The molecule has 0 aliphatic heterocycles. The Labute approximate surface area is 90.1 Å². The summed E-state index contributed by atoms with van der Waals surface area (Å²) in [5.74, 6) is 0.706. The van der Waals surface area contributed by atoms with Gasteiger partial charge in [-0.05, 0) is 22.9 Å². The molecule has 0 bridgehead atoms. The molecule has 0 unspecified atom stereocenters. The van der Waals surface area contributed by atoms with E-state index in [1.807, 2.05) is 17.5 Å². The fourth-order valence-electron chi connectivity index (χ4n) is 1.38. The number of halogens is 1. The lowest BCUT2D eigenvalue weighted by Crippen LogP contribution is -1.97. The third-order valence-electron chi connectivity index (χ3n) is 2.03. The molecule has 0 saturated carbocycles. The van der Waals surface area contributed by atoms with Crippen LogP contribution in [0.25, 0.3) is 5.78 Å². The highest BCUT2D eigenvalue weighted by Crippen LogP contribution is 2.14. The summed E-state index contributed by atoms with van der Waals surface area (Å²) < 4.78 is 7.97. The van der Waals surface area contributed by atoms with Crippen molar-refractivity contribution in [3.05, 3.63) is 28.3 Å². The van der Waals surface area contributed by atoms with Crippen molar-refractivity contribution < 1.29 is 4.74 Å². The number of imidazole rings is 1. The Morgan fingerprint density at radius 3 is 3.07 bits per heavy atom. The number of nitrogens with zero attached hydrogens (tertiary/aromatic N) is 3. The predicted molar refractivity (Wildman–Crippen MR) is 56.1 cm³/mol. The van der Waals surface area contributed by atoms with E-state index in [9.17, 15) is 0 Å². The molecule has 0 saturated heterocycles. The van der Waals surface area contributed by atoms with E-state index in [4.69, 9.17) is 4.74 Å². The zero-order valence-corrected chi connectivity index (χ0v) is 9.58. The van der Waals surface area contributed by atoms with Crippen LogP contribution in [0.5, 0.6) is 0 Å². The van der Waals surface area contributed by atoms with Crippen LogP contribution in [-0.2, 0) is 11.3 Å². The van der Waals surface area contributed by atoms with Crippen molar-refractivity contribution in [3.8, 4) is 0 Å². The number of aromatic nitrogens is 3. The van der Waals surface area contributed by atoms with E-state index in [2.05, 4.69) is 25.9 Å². The highest BCUT2D eigenvalue weighted by molar-refractivity contribution is 9.10. The van der Waals surface area contributed by atoms with E-state index in [0.29, 0.717) is 12.4 Å². The predicted octanol–water partition coefficient (Wildman–Crippen LogP) is 1.95. The lowest BCUT2D eigenvalue weighted by atomic mass is 10.3. The average Bonchev–Trinajstić information content (AvgIpc) is 2.45. The molecular formula is C9H10BrN3O. The molecule has 74 valence electrons. The first-order chi connectivity index (χ1) is 6.72. The van der Waals surface area contributed by atoms with Crippen molar-refractivity contribution in [2.24, 2.45) is 0 Å². The normalized spacial score (nSPS) is 11.1. The molecule has 2 heterocycles. The van der Waals surface area contributed by atoms with Crippen molar-refractivity contribution in [3.63, 3.8) is 0 Å². The van der Waals surface area contributed by atoms with Gasteiger partial charge in [0, 0.05) is 19.5 Å². The fraction of sp³-hybridized carbons (Fsp3) is 0.333. The second kappa shape index (κ2) is 3.67. The third-order valence-corrected chi connectivity index (χ3v) is 2.44. The monoisotopic (exact) mass is 255 g/mol. The zero-order chi connectivity index (χ0) is 10.1. The third kappa shape index (κ3) is 1.53. The minimum absolute atomic E-state index is 0.547. The summed E-state index contributed by atoms with van der Waals surface area (Å²) in [6.45, 7) is 2.50. The van der Waals surface area contributed by atoms with Crippen LogP contribution >= 0.6 is 15.9 Å². The summed E-state index contributed by atoms with van der Waals surface area (Å²) in [5, 5.41) is 0. The molecule has 0 spiro atoms. The van der Waals surface area contributed by atoms with Gasteiger partial charge in [0.1, 0.15) is 0 Å². The first-order valence-corrected chi connectivity index (χ1v) is 4.99. The van der Waals surface area contributed by atoms with Gasteiger partial charge in [0.25, 0.3) is 0 Å². The van der Waals surface area contributed by atoms with Crippen molar-refractivity contribution in [1.82, 2.24) is 14.4 Å². The van der Waals surface area contributed by atoms with Crippen LogP contribution in [0.2, 0.25) is 0 Å². The Balaban J connectivity index is 2.66. The fourth-order valence-corrected chi connectivity index (χ4v) is 1.68. The summed E-state index contributed by atoms with van der Waals surface area (Å²) in [6.07, 6.45) is 3.68. The largest absolute Gasteiger partial charge is 0.378 e. The summed E-state index contributed by atoms with van der Waals surface area (Å²) in [6, 6.07) is 0. The topological polar surface area (TPSA) is 39.4 Å². The number of methoxy groups -OCH3 is 1. The summed E-state index contributed by atoms with van der Waals surface area (Å²) in [4.78, 5) is 8.52. The molecule has 0 radical (unpaired) electrons. The molecule has 2 aromatic rings. The summed E-state index contributed by atoms with van der Waals surface area (Å²) >= 11 is 3.38. The lowest BCUT2D eigenvalue weighted by Gasteiger charge is -2.00. The molecule has 0 aliphatic rings. The maximum atomic E-state index is 5.11. The van der Waals surface area contributed by atoms with Crippen molar-refractivity contribution in [2.45, 2.75) is 13.5 Å². The molecular weight excluding hydrogens is 246 g/mol. The molecule has 0 atom stereocenters. The van der Waals surface area contributed by atoms with Crippen LogP contribution in [0, 0.1) is 6.92 Å². The standard InChI is InChI=1S/C9H10BrN3O/c1-6-8(5-14-2)13-4-7(10)3-11-9(13)12-6/h3-4H,5H2,1-2H3. The van der Waals surface area contributed by atoms with E-state index < -0.39 is 0 Å². The average molecular weight is 256 g/mol. The van der Waals surface area contributed by atoms with Gasteiger partial charge in [0.2, 0.25) is 5.78 Å². The maximum Gasteiger partial charge on any atom is 0.234 e. The van der Waals surface area contributed by atoms with Gasteiger partial charge in [0.15, 0.2) is 0 Å². The number of ether oxygens (including phenoxy) is 1. The Morgan fingerprint density at radius 1 is 1.57 bits per heavy atom. The van der Waals surface area contributed by atoms with Crippen LogP contribution in [-0.4, -0.2) is 21.5 Å². The van der Waals surface area contributed by atoms with E-state index in [1.54, 1.807) is 13.3 Å². The van der Waals surface area contributed by atoms with Gasteiger partial charge in [0.05, 0.1) is 22.5 Å². The number of rotatable bonds is 2. The Bertz CT molecular complexity index is 466. The van der Waals surface area contributed by atoms with Crippen LogP contribution in [0.3, 0.4) is 0 Å². The molecule has 0 aromatic carbocycles. The maximum absolute atomic E-state index is 5.11. The van der Waals surface area contributed by atoms with Crippen molar-refractivity contribution in [2.75, 3.05) is 7.11 Å². The van der Waals surface area contributed by atoms with E-state index >= 15 is 0 Å². The van der Waals surface area contributed by atoms with E-state index in [-0.39, 0.29) is 0 Å². The number of fused-ring (bicyclic) bond motifs is 1. The SMILES string of the molecule is COCc1c(C)nc2ncc(Br)cn12. The van der Waals surface area contributed by atoms with Gasteiger partial charge in [-0.15, -0.1) is 0 Å². The molecule has 0 fully saturated rings. The summed E-state index contributed by atoms with van der Waals surface area (Å²) in [5.41, 5.74) is 1.99. The van der Waals surface area contributed by atoms with E-state index in [0.717, 1.165) is 15.9 Å². The van der Waals surface area contributed by atoms with Gasteiger partial charge in [-0.3, -0.25) is 4.40 Å².